The fourth-order valence-electron chi connectivity index (χ4n) is 2.50. The number of rotatable bonds is 7. The van der Waals surface area contributed by atoms with Gasteiger partial charge < -0.3 is 15.0 Å². The molecule has 1 aliphatic rings. The number of benzene rings is 1. The van der Waals surface area contributed by atoms with Crippen LogP contribution in [0.1, 0.15) is 25.8 Å². The highest BCUT2D eigenvalue weighted by Gasteiger charge is 2.28. The Bertz CT molecular complexity index is 419. The Morgan fingerprint density at radius 3 is 2.80 bits per heavy atom. The fraction of sp³-hybridized carbons (Fsp3) is 0.562. The van der Waals surface area contributed by atoms with Crippen molar-refractivity contribution in [2.75, 3.05) is 26.2 Å². The zero-order valence-electron chi connectivity index (χ0n) is 12.4. The summed E-state index contributed by atoms with van der Waals surface area (Å²) in [6.07, 6.45) is 1.30. The van der Waals surface area contributed by atoms with E-state index in [-0.39, 0.29) is 12.0 Å². The van der Waals surface area contributed by atoms with Crippen molar-refractivity contribution >= 4 is 5.91 Å². The molecule has 1 heterocycles. The third-order valence-corrected chi connectivity index (χ3v) is 3.78. The Morgan fingerprint density at radius 1 is 1.35 bits per heavy atom. The molecule has 2 rings (SSSR count). The molecular formula is C16H24N2O2. The smallest absolute Gasteiger partial charge is 0.261 e. The average molecular weight is 276 g/mol. The molecule has 1 unspecified atom stereocenters. The van der Waals surface area contributed by atoms with Crippen LogP contribution in [0.15, 0.2) is 24.3 Å². The lowest BCUT2D eigenvalue weighted by Crippen LogP contribution is -2.38. The summed E-state index contributed by atoms with van der Waals surface area (Å²) in [5.74, 6) is 0.844. The van der Waals surface area contributed by atoms with Crippen molar-refractivity contribution in [3.63, 3.8) is 0 Å². The molecule has 0 saturated heterocycles. The minimum absolute atomic E-state index is 0.000692. The molecule has 0 aliphatic carbocycles. The summed E-state index contributed by atoms with van der Waals surface area (Å²) in [6, 6.07) is 7.85. The summed E-state index contributed by atoms with van der Waals surface area (Å²) >= 11 is 0. The first kappa shape index (κ1) is 14.9. The van der Waals surface area contributed by atoms with Gasteiger partial charge in [0.2, 0.25) is 0 Å². The van der Waals surface area contributed by atoms with Gasteiger partial charge in [0.15, 0.2) is 6.10 Å². The average Bonchev–Trinajstić information content (AvgIpc) is 2.91. The number of nitrogens with zero attached hydrogens (tertiary/aromatic N) is 1. The second-order valence-corrected chi connectivity index (χ2v) is 5.09. The molecule has 0 saturated carbocycles. The van der Waals surface area contributed by atoms with Gasteiger partial charge in [0.1, 0.15) is 5.75 Å². The number of nitrogens with one attached hydrogen (secondary N) is 1. The molecule has 0 spiro atoms. The van der Waals surface area contributed by atoms with Crippen LogP contribution in [0.2, 0.25) is 0 Å². The van der Waals surface area contributed by atoms with Gasteiger partial charge >= 0.3 is 0 Å². The summed E-state index contributed by atoms with van der Waals surface area (Å²) in [5.41, 5.74) is 1.12. The number of para-hydroxylation sites is 1. The quantitative estimate of drug-likeness (QED) is 0.773. The molecule has 4 nitrogen and oxygen atoms in total. The van der Waals surface area contributed by atoms with Crippen molar-refractivity contribution in [3.05, 3.63) is 29.8 Å². The van der Waals surface area contributed by atoms with Gasteiger partial charge in [0.25, 0.3) is 5.91 Å². The van der Waals surface area contributed by atoms with E-state index in [0.717, 1.165) is 37.4 Å². The molecule has 20 heavy (non-hydrogen) atoms. The zero-order valence-corrected chi connectivity index (χ0v) is 12.4. The number of carbonyl (C=O) groups excluding carboxylic acids is 1. The molecule has 0 bridgehead atoms. The highest BCUT2D eigenvalue weighted by Crippen LogP contribution is 2.27. The number of ether oxygens (including phenoxy) is 1. The highest BCUT2D eigenvalue weighted by atomic mass is 16.5. The van der Waals surface area contributed by atoms with Crippen molar-refractivity contribution in [2.24, 2.45) is 0 Å². The normalized spacial score (nSPS) is 16.9. The maximum absolute atomic E-state index is 12.0. The predicted octanol–water partition coefficient (Wildman–Crippen LogP) is 1.84. The van der Waals surface area contributed by atoms with Gasteiger partial charge in [-0.1, -0.05) is 32.0 Å². The predicted molar refractivity (Wildman–Crippen MR) is 80.0 cm³/mol. The maximum Gasteiger partial charge on any atom is 0.261 e. The number of hydrogen-bond donors (Lipinski definition) is 1. The molecule has 1 atom stereocenters. The Morgan fingerprint density at radius 2 is 2.10 bits per heavy atom. The van der Waals surface area contributed by atoms with Crippen LogP contribution in [0, 0.1) is 0 Å². The van der Waals surface area contributed by atoms with Crippen LogP contribution in [0.3, 0.4) is 0 Å². The first-order valence-electron chi connectivity index (χ1n) is 7.49. The van der Waals surface area contributed by atoms with E-state index >= 15 is 0 Å². The molecule has 1 aromatic carbocycles. The van der Waals surface area contributed by atoms with Crippen LogP contribution in [-0.4, -0.2) is 43.1 Å². The van der Waals surface area contributed by atoms with Crippen molar-refractivity contribution in [1.29, 1.82) is 0 Å². The van der Waals surface area contributed by atoms with E-state index in [9.17, 15) is 4.79 Å². The molecule has 0 aromatic heterocycles. The van der Waals surface area contributed by atoms with Gasteiger partial charge in [-0.25, -0.2) is 0 Å². The summed E-state index contributed by atoms with van der Waals surface area (Å²) in [4.78, 5) is 14.4. The first-order valence-corrected chi connectivity index (χ1v) is 7.49. The van der Waals surface area contributed by atoms with Gasteiger partial charge in [-0.3, -0.25) is 4.79 Å². The third kappa shape index (κ3) is 3.73. The molecule has 1 aliphatic heterocycles. The SMILES string of the molecule is CCN(CC)CCCNC(=O)C1Cc2ccccc2O1. The molecule has 1 aromatic rings. The second-order valence-electron chi connectivity index (χ2n) is 5.09. The van der Waals surface area contributed by atoms with Crippen LogP contribution in [0.5, 0.6) is 5.75 Å². The van der Waals surface area contributed by atoms with Gasteiger partial charge in [-0.2, -0.15) is 0 Å². The Labute approximate surface area is 121 Å². The van der Waals surface area contributed by atoms with E-state index in [1.165, 1.54) is 0 Å². The summed E-state index contributed by atoms with van der Waals surface area (Å²) in [7, 11) is 0. The van der Waals surface area contributed by atoms with E-state index < -0.39 is 0 Å². The van der Waals surface area contributed by atoms with Crippen LogP contribution in [0.25, 0.3) is 0 Å². The van der Waals surface area contributed by atoms with Gasteiger partial charge in [-0.05, 0) is 37.7 Å². The fourth-order valence-corrected chi connectivity index (χ4v) is 2.50. The lowest BCUT2D eigenvalue weighted by atomic mass is 10.1. The number of fused-ring (bicyclic) bond motifs is 1. The van der Waals surface area contributed by atoms with Crippen molar-refractivity contribution in [2.45, 2.75) is 32.8 Å². The molecular weight excluding hydrogens is 252 g/mol. The van der Waals surface area contributed by atoms with Crippen LogP contribution >= 0.6 is 0 Å². The molecule has 110 valence electrons. The summed E-state index contributed by atoms with van der Waals surface area (Å²) in [5, 5.41) is 2.97. The third-order valence-electron chi connectivity index (χ3n) is 3.78. The number of hydrogen-bond acceptors (Lipinski definition) is 3. The van der Waals surface area contributed by atoms with Gasteiger partial charge in [0, 0.05) is 13.0 Å². The van der Waals surface area contributed by atoms with Gasteiger partial charge in [0.05, 0.1) is 0 Å². The molecule has 1 N–H and O–H groups in total. The number of carbonyl (C=O) groups is 1. The van der Waals surface area contributed by atoms with Gasteiger partial charge in [-0.15, -0.1) is 0 Å². The maximum atomic E-state index is 12.0. The molecule has 0 fully saturated rings. The molecule has 0 radical (unpaired) electrons. The Hall–Kier alpha value is -1.55. The Balaban J connectivity index is 1.69. The summed E-state index contributed by atoms with van der Waals surface area (Å²) in [6.45, 7) is 8.18. The van der Waals surface area contributed by atoms with E-state index in [4.69, 9.17) is 4.74 Å². The zero-order chi connectivity index (χ0) is 14.4. The lowest BCUT2D eigenvalue weighted by Gasteiger charge is -2.18. The minimum atomic E-state index is -0.360. The van der Waals surface area contributed by atoms with Crippen molar-refractivity contribution in [1.82, 2.24) is 10.2 Å². The lowest BCUT2D eigenvalue weighted by molar-refractivity contribution is -0.127. The minimum Gasteiger partial charge on any atom is -0.480 e. The van der Waals surface area contributed by atoms with E-state index in [0.29, 0.717) is 13.0 Å². The van der Waals surface area contributed by atoms with E-state index in [2.05, 4.69) is 24.1 Å². The highest BCUT2D eigenvalue weighted by molar-refractivity contribution is 5.82. The second kappa shape index (κ2) is 7.29. The molecule has 4 heteroatoms. The Kier molecular flexibility index (Phi) is 5.41. The standard InChI is InChI=1S/C16H24N2O2/c1-3-18(4-2)11-7-10-17-16(19)15-12-13-8-5-6-9-14(13)20-15/h5-6,8-9,15H,3-4,7,10-12H2,1-2H3,(H,17,19). The van der Waals surface area contributed by atoms with Crippen LogP contribution in [0.4, 0.5) is 0 Å². The first-order chi connectivity index (χ1) is 9.74. The van der Waals surface area contributed by atoms with Crippen LogP contribution in [-0.2, 0) is 11.2 Å². The number of amides is 1. The topological polar surface area (TPSA) is 41.6 Å². The van der Waals surface area contributed by atoms with Crippen LogP contribution < -0.4 is 10.1 Å². The monoisotopic (exact) mass is 276 g/mol. The van der Waals surface area contributed by atoms with E-state index in [1.807, 2.05) is 24.3 Å². The molecule has 1 amide bonds. The van der Waals surface area contributed by atoms with Crippen molar-refractivity contribution < 1.29 is 9.53 Å². The van der Waals surface area contributed by atoms with Crippen molar-refractivity contribution in [3.8, 4) is 5.75 Å². The van der Waals surface area contributed by atoms with E-state index in [1.54, 1.807) is 0 Å². The summed E-state index contributed by atoms with van der Waals surface area (Å²) < 4.78 is 5.67. The largest absolute Gasteiger partial charge is 0.480 e.